The Balaban J connectivity index is 1.86. The Morgan fingerprint density at radius 1 is 1.12 bits per heavy atom. The number of anilines is 1. The second kappa shape index (κ2) is 13.1. The minimum absolute atomic E-state index is 0.243. The molecule has 2 aromatic rings. The summed E-state index contributed by atoms with van der Waals surface area (Å²) < 4.78 is 10.4. The SMILES string of the molecule is COCCCNC(=O)C(=O)N/N=C\c1ccccc1OCC(=O)Nc1ccc(C)c(Cl)c1. The van der Waals surface area contributed by atoms with Crippen LogP contribution in [0.1, 0.15) is 17.5 Å². The average molecular weight is 461 g/mol. The Kier molecular flexibility index (Phi) is 10.2. The van der Waals surface area contributed by atoms with Gasteiger partial charge in [-0.1, -0.05) is 29.8 Å². The van der Waals surface area contributed by atoms with Gasteiger partial charge in [0, 0.05) is 36.5 Å². The summed E-state index contributed by atoms with van der Waals surface area (Å²) in [6.45, 7) is 2.42. The van der Waals surface area contributed by atoms with Crippen molar-refractivity contribution in [3.05, 3.63) is 58.6 Å². The van der Waals surface area contributed by atoms with Gasteiger partial charge in [0.05, 0.1) is 6.21 Å². The molecular formula is C22H25ClN4O5. The summed E-state index contributed by atoms with van der Waals surface area (Å²) >= 11 is 6.06. The lowest BCUT2D eigenvalue weighted by Gasteiger charge is -2.10. The molecule has 0 spiro atoms. The molecule has 0 aliphatic heterocycles. The van der Waals surface area contributed by atoms with Gasteiger partial charge < -0.3 is 20.1 Å². The van der Waals surface area contributed by atoms with Crippen LogP contribution in [0.2, 0.25) is 5.02 Å². The Hall–Kier alpha value is -3.43. The first kappa shape index (κ1) is 24.8. The van der Waals surface area contributed by atoms with E-state index in [0.717, 1.165) is 5.56 Å². The Morgan fingerprint density at radius 2 is 1.91 bits per heavy atom. The molecule has 170 valence electrons. The molecule has 32 heavy (non-hydrogen) atoms. The van der Waals surface area contributed by atoms with E-state index in [-0.39, 0.29) is 12.5 Å². The molecule has 0 heterocycles. The van der Waals surface area contributed by atoms with Gasteiger partial charge in [0.1, 0.15) is 5.75 Å². The molecule has 0 atom stereocenters. The van der Waals surface area contributed by atoms with E-state index >= 15 is 0 Å². The van der Waals surface area contributed by atoms with Crippen molar-refractivity contribution in [2.45, 2.75) is 13.3 Å². The van der Waals surface area contributed by atoms with E-state index in [1.807, 2.05) is 6.92 Å². The number of ether oxygens (including phenoxy) is 2. The van der Waals surface area contributed by atoms with Crippen LogP contribution in [0.15, 0.2) is 47.6 Å². The van der Waals surface area contributed by atoms with Gasteiger partial charge in [-0.25, -0.2) is 5.43 Å². The summed E-state index contributed by atoms with van der Waals surface area (Å²) in [5, 5.41) is 9.48. The maximum Gasteiger partial charge on any atom is 0.329 e. The summed E-state index contributed by atoms with van der Waals surface area (Å²) in [7, 11) is 1.55. The molecule has 9 nitrogen and oxygen atoms in total. The zero-order valence-corrected chi connectivity index (χ0v) is 18.6. The van der Waals surface area contributed by atoms with E-state index in [0.29, 0.717) is 41.6 Å². The first-order valence-electron chi connectivity index (χ1n) is 9.78. The van der Waals surface area contributed by atoms with Crippen LogP contribution in [0.3, 0.4) is 0 Å². The van der Waals surface area contributed by atoms with Crippen LogP contribution in [0.25, 0.3) is 0 Å². The number of amides is 3. The van der Waals surface area contributed by atoms with Gasteiger partial charge in [0.25, 0.3) is 5.91 Å². The second-order valence-corrected chi connectivity index (χ2v) is 7.05. The normalized spacial score (nSPS) is 10.6. The molecule has 0 saturated carbocycles. The maximum absolute atomic E-state index is 12.2. The quantitative estimate of drug-likeness (QED) is 0.217. The van der Waals surface area contributed by atoms with Crippen molar-refractivity contribution in [1.82, 2.24) is 10.7 Å². The summed E-state index contributed by atoms with van der Waals surface area (Å²) in [6, 6.07) is 12.0. The first-order valence-corrected chi connectivity index (χ1v) is 10.2. The number of carbonyl (C=O) groups is 3. The number of hydrogen-bond donors (Lipinski definition) is 3. The van der Waals surface area contributed by atoms with Crippen LogP contribution in [0.5, 0.6) is 5.75 Å². The van der Waals surface area contributed by atoms with Crippen LogP contribution in [0.4, 0.5) is 5.69 Å². The average Bonchev–Trinajstić information content (AvgIpc) is 2.78. The van der Waals surface area contributed by atoms with Crippen LogP contribution in [0, 0.1) is 6.92 Å². The molecule has 2 rings (SSSR count). The van der Waals surface area contributed by atoms with Crippen LogP contribution >= 0.6 is 11.6 Å². The monoisotopic (exact) mass is 460 g/mol. The molecule has 0 saturated heterocycles. The maximum atomic E-state index is 12.2. The summed E-state index contributed by atoms with van der Waals surface area (Å²) in [5.74, 6) is -1.68. The zero-order chi connectivity index (χ0) is 23.3. The third kappa shape index (κ3) is 8.37. The number of hydrazone groups is 1. The van der Waals surface area contributed by atoms with Crippen molar-refractivity contribution in [1.29, 1.82) is 0 Å². The highest BCUT2D eigenvalue weighted by atomic mass is 35.5. The molecular weight excluding hydrogens is 436 g/mol. The van der Waals surface area contributed by atoms with E-state index in [2.05, 4.69) is 21.2 Å². The van der Waals surface area contributed by atoms with E-state index < -0.39 is 11.8 Å². The van der Waals surface area contributed by atoms with Gasteiger partial charge in [0.15, 0.2) is 6.61 Å². The zero-order valence-electron chi connectivity index (χ0n) is 17.8. The molecule has 0 aliphatic carbocycles. The lowest BCUT2D eigenvalue weighted by Crippen LogP contribution is -2.38. The van der Waals surface area contributed by atoms with Gasteiger partial charge in [-0.15, -0.1) is 0 Å². The van der Waals surface area contributed by atoms with Gasteiger partial charge in [0.2, 0.25) is 0 Å². The van der Waals surface area contributed by atoms with Gasteiger partial charge >= 0.3 is 11.8 Å². The van der Waals surface area contributed by atoms with E-state index in [1.54, 1.807) is 49.6 Å². The molecule has 0 bridgehead atoms. The lowest BCUT2D eigenvalue weighted by molar-refractivity contribution is -0.139. The van der Waals surface area contributed by atoms with Crippen molar-refractivity contribution in [2.24, 2.45) is 5.10 Å². The fourth-order valence-electron chi connectivity index (χ4n) is 2.44. The number of halogens is 1. The van der Waals surface area contributed by atoms with Crippen LogP contribution < -0.4 is 20.8 Å². The number of nitrogens with zero attached hydrogens (tertiary/aromatic N) is 1. The van der Waals surface area contributed by atoms with Crippen molar-refractivity contribution >= 4 is 41.2 Å². The molecule has 10 heteroatoms. The summed E-state index contributed by atoms with van der Waals surface area (Å²) in [4.78, 5) is 35.6. The highest BCUT2D eigenvalue weighted by molar-refractivity contribution is 6.35. The second-order valence-electron chi connectivity index (χ2n) is 6.64. The number of carbonyl (C=O) groups excluding carboxylic acids is 3. The Labute approximate surface area is 191 Å². The smallest absolute Gasteiger partial charge is 0.329 e. The standard InChI is InChI=1S/C22H25ClN4O5/c1-15-8-9-17(12-18(15)23)26-20(28)14-32-19-7-4-3-6-16(19)13-25-27-22(30)21(29)24-10-5-11-31-2/h3-4,6-9,12-13H,5,10-11,14H2,1-2H3,(H,24,29)(H,26,28)(H,27,30)/b25-13-. The van der Waals surface area contributed by atoms with Crippen molar-refractivity contribution < 1.29 is 23.9 Å². The van der Waals surface area contributed by atoms with Gasteiger partial charge in [-0.05, 0) is 43.2 Å². The molecule has 2 aromatic carbocycles. The highest BCUT2D eigenvalue weighted by Gasteiger charge is 2.12. The van der Waals surface area contributed by atoms with E-state index in [1.165, 1.54) is 6.21 Å². The summed E-state index contributed by atoms with van der Waals surface area (Å²) in [5.41, 5.74) is 4.13. The third-order valence-electron chi connectivity index (χ3n) is 4.12. The van der Waals surface area contributed by atoms with Gasteiger partial charge in [-0.2, -0.15) is 5.10 Å². The largest absolute Gasteiger partial charge is 0.483 e. The number of rotatable bonds is 10. The van der Waals surface area contributed by atoms with E-state index in [9.17, 15) is 14.4 Å². The number of methoxy groups -OCH3 is 1. The molecule has 0 radical (unpaired) electrons. The number of hydrogen-bond acceptors (Lipinski definition) is 6. The van der Waals surface area contributed by atoms with Crippen molar-refractivity contribution in [3.63, 3.8) is 0 Å². The van der Waals surface area contributed by atoms with Crippen LogP contribution in [-0.2, 0) is 19.1 Å². The van der Waals surface area contributed by atoms with Crippen LogP contribution in [-0.4, -0.2) is 50.8 Å². The first-order chi connectivity index (χ1) is 15.4. The number of benzene rings is 2. The Bertz CT molecular complexity index is 981. The summed E-state index contributed by atoms with van der Waals surface area (Å²) in [6.07, 6.45) is 1.91. The van der Waals surface area contributed by atoms with E-state index in [4.69, 9.17) is 21.1 Å². The molecule has 3 N–H and O–H groups in total. The van der Waals surface area contributed by atoms with Gasteiger partial charge in [-0.3, -0.25) is 14.4 Å². The molecule has 3 amide bonds. The molecule has 0 unspecified atom stereocenters. The number of para-hydroxylation sites is 1. The minimum atomic E-state index is -0.895. The molecule has 0 aliphatic rings. The fourth-order valence-corrected chi connectivity index (χ4v) is 2.62. The lowest BCUT2D eigenvalue weighted by atomic mass is 10.2. The Morgan fingerprint density at radius 3 is 2.66 bits per heavy atom. The molecule has 0 fully saturated rings. The predicted molar refractivity (Wildman–Crippen MR) is 122 cm³/mol. The minimum Gasteiger partial charge on any atom is -0.483 e. The molecule has 0 aromatic heterocycles. The predicted octanol–water partition coefficient (Wildman–Crippen LogP) is 2.27. The topological polar surface area (TPSA) is 118 Å². The highest BCUT2D eigenvalue weighted by Crippen LogP contribution is 2.20. The van der Waals surface area contributed by atoms with Crippen molar-refractivity contribution in [2.75, 3.05) is 32.2 Å². The van der Waals surface area contributed by atoms with Crippen molar-refractivity contribution in [3.8, 4) is 5.75 Å². The number of nitrogens with one attached hydrogen (secondary N) is 3. The third-order valence-corrected chi connectivity index (χ3v) is 4.53. The fraction of sp³-hybridized carbons (Fsp3) is 0.273. The number of aryl methyl sites for hydroxylation is 1.